The Hall–Kier alpha value is -7.36. The van der Waals surface area contributed by atoms with E-state index in [1.54, 1.807) is 0 Å². The van der Waals surface area contributed by atoms with Crippen molar-refractivity contribution in [1.82, 2.24) is 4.90 Å². The first-order valence-electron chi connectivity index (χ1n) is 21.3. The smallest absolute Gasteiger partial charge is 0.160 e. The summed E-state index contributed by atoms with van der Waals surface area (Å²) in [6.07, 6.45) is -0.258. The third-order valence-electron chi connectivity index (χ3n) is 13.8. The molecule has 9 aromatic rings. The van der Waals surface area contributed by atoms with E-state index in [4.69, 9.17) is 9.98 Å². The molecule has 0 fully saturated rings. The first-order valence-corrected chi connectivity index (χ1v) is 21.3. The van der Waals surface area contributed by atoms with E-state index in [1.165, 1.54) is 77.2 Å². The SMILES string of the molecule is CN1C(c2ccccc2)=NC(c2cccc3c2-c2cc(-c4ccc5c(ccc6ccccc65)c4)ccc2C32c3ccccc3C(C)(C)c3ccccc32)=NC1c1ccccc1. The molecule has 1 spiro atoms. The minimum absolute atomic E-state index is 0.190. The Balaban J connectivity index is 1.15. The van der Waals surface area contributed by atoms with Crippen LogP contribution in [0.5, 0.6) is 0 Å². The molecule has 2 aliphatic carbocycles. The lowest BCUT2D eigenvalue weighted by atomic mass is 9.55. The molecule has 0 N–H and O–H groups in total. The second-order valence-corrected chi connectivity index (χ2v) is 17.3. The van der Waals surface area contributed by atoms with Crippen LogP contribution in [0.1, 0.15) is 70.1 Å². The van der Waals surface area contributed by atoms with Crippen LogP contribution in [0.4, 0.5) is 0 Å². The van der Waals surface area contributed by atoms with Gasteiger partial charge in [0.2, 0.25) is 0 Å². The lowest BCUT2D eigenvalue weighted by molar-refractivity contribution is 0.383. The number of nitrogens with zero attached hydrogens (tertiary/aromatic N) is 3. The first-order chi connectivity index (χ1) is 29.9. The fraction of sp³-hybridized carbons (Fsp3) is 0.103. The minimum atomic E-state index is -0.555. The monoisotopic (exact) mass is 781 g/mol. The molecular formula is C58H43N3. The van der Waals surface area contributed by atoms with Gasteiger partial charge in [-0.15, -0.1) is 0 Å². The summed E-state index contributed by atoms with van der Waals surface area (Å²) < 4.78 is 0. The van der Waals surface area contributed by atoms with Crippen molar-refractivity contribution in [2.45, 2.75) is 30.8 Å². The summed E-state index contributed by atoms with van der Waals surface area (Å²) in [4.78, 5) is 13.3. The maximum absolute atomic E-state index is 5.57. The molecule has 12 rings (SSSR count). The number of benzene rings is 9. The molecule has 3 aliphatic rings. The molecule has 1 aliphatic heterocycles. The van der Waals surface area contributed by atoms with Gasteiger partial charge in [-0.05, 0) is 94.9 Å². The summed E-state index contributed by atoms with van der Waals surface area (Å²) >= 11 is 0. The molecule has 0 amide bonds. The molecule has 0 aromatic heterocycles. The average Bonchev–Trinajstić information content (AvgIpc) is 3.62. The Morgan fingerprint density at radius 1 is 0.443 bits per heavy atom. The van der Waals surface area contributed by atoms with Gasteiger partial charge in [0.25, 0.3) is 0 Å². The number of fused-ring (bicyclic) bond motifs is 12. The van der Waals surface area contributed by atoms with E-state index in [2.05, 4.69) is 226 Å². The van der Waals surface area contributed by atoms with Gasteiger partial charge < -0.3 is 4.90 Å². The largest absolute Gasteiger partial charge is 0.333 e. The van der Waals surface area contributed by atoms with Crippen LogP contribution in [0, 0.1) is 0 Å². The fourth-order valence-electron chi connectivity index (χ4n) is 11.0. The van der Waals surface area contributed by atoms with Gasteiger partial charge in [-0.25, -0.2) is 9.98 Å². The normalized spacial score (nSPS) is 16.7. The summed E-state index contributed by atoms with van der Waals surface area (Å²) in [7, 11) is 2.11. The number of amidine groups is 2. The summed E-state index contributed by atoms with van der Waals surface area (Å²) in [6.45, 7) is 4.77. The van der Waals surface area contributed by atoms with Crippen molar-refractivity contribution in [2.24, 2.45) is 9.98 Å². The van der Waals surface area contributed by atoms with Crippen molar-refractivity contribution < 1.29 is 0 Å². The molecule has 0 radical (unpaired) electrons. The number of rotatable bonds is 4. The van der Waals surface area contributed by atoms with E-state index >= 15 is 0 Å². The standard InChI is InChI=1S/C58H43N3/c1-57(2)48-24-12-14-26-50(48)58(51-27-15-13-25-49(51)57)47-34-32-41(40-31-33-44-42(35-40)30-29-37-17-10-11-22-43(37)44)36-46(47)53-45(23-16-28-52(53)58)54-59-55(38-18-6-4-7-19-38)61(3)56(60-54)39-20-8-5-9-21-39/h4-36,55H,1-3H3. The summed E-state index contributed by atoms with van der Waals surface area (Å²) in [5.41, 5.74) is 15.2. The van der Waals surface area contributed by atoms with Crippen LogP contribution in [0.25, 0.3) is 43.8 Å². The van der Waals surface area contributed by atoms with E-state index in [0.29, 0.717) is 0 Å². The lowest BCUT2D eigenvalue weighted by Gasteiger charge is -2.46. The summed E-state index contributed by atoms with van der Waals surface area (Å²) in [5.74, 6) is 1.64. The highest BCUT2D eigenvalue weighted by Crippen LogP contribution is 2.63. The van der Waals surface area contributed by atoms with Crippen LogP contribution in [-0.2, 0) is 10.8 Å². The molecule has 1 atom stereocenters. The van der Waals surface area contributed by atoms with Crippen molar-refractivity contribution in [3.63, 3.8) is 0 Å². The maximum atomic E-state index is 5.57. The molecular weight excluding hydrogens is 739 g/mol. The molecule has 61 heavy (non-hydrogen) atoms. The molecule has 3 nitrogen and oxygen atoms in total. The van der Waals surface area contributed by atoms with E-state index in [-0.39, 0.29) is 11.6 Å². The van der Waals surface area contributed by atoms with E-state index in [0.717, 1.165) is 28.4 Å². The Labute approximate surface area is 357 Å². The third kappa shape index (κ3) is 5.10. The van der Waals surface area contributed by atoms with Gasteiger partial charge in [0.1, 0.15) is 12.0 Å². The topological polar surface area (TPSA) is 28.0 Å². The van der Waals surface area contributed by atoms with Gasteiger partial charge in [-0.3, -0.25) is 0 Å². The van der Waals surface area contributed by atoms with Gasteiger partial charge in [0.05, 0.1) is 5.41 Å². The highest BCUT2D eigenvalue weighted by Gasteiger charge is 2.54. The van der Waals surface area contributed by atoms with Gasteiger partial charge >= 0.3 is 0 Å². The zero-order valence-corrected chi connectivity index (χ0v) is 34.5. The zero-order chi connectivity index (χ0) is 40.9. The number of hydrogen-bond acceptors (Lipinski definition) is 3. The molecule has 0 bridgehead atoms. The summed E-state index contributed by atoms with van der Waals surface area (Å²) in [6, 6.07) is 73.7. The van der Waals surface area contributed by atoms with Crippen LogP contribution >= 0.6 is 0 Å². The second-order valence-electron chi connectivity index (χ2n) is 17.3. The van der Waals surface area contributed by atoms with Crippen molar-refractivity contribution in [2.75, 3.05) is 7.05 Å². The Morgan fingerprint density at radius 3 is 1.79 bits per heavy atom. The predicted molar refractivity (Wildman–Crippen MR) is 253 cm³/mol. The molecule has 9 aromatic carbocycles. The Kier molecular flexibility index (Phi) is 7.77. The van der Waals surface area contributed by atoms with Crippen molar-refractivity contribution >= 4 is 33.2 Å². The van der Waals surface area contributed by atoms with E-state index < -0.39 is 5.41 Å². The van der Waals surface area contributed by atoms with E-state index in [1.807, 2.05) is 0 Å². The zero-order valence-electron chi connectivity index (χ0n) is 34.5. The van der Waals surface area contributed by atoms with Crippen LogP contribution in [0.3, 0.4) is 0 Å². The maximum Gasteiger partial charge on any atom is 0.160 e. The van der Waals surface area contributed by atoms with Crippen LogP contribution < -0.4 is 0 Å². The highest BCUT2D eigenvalue weighted by atomic mass is 15.3. The third-order valence-corrected chi connectivity index (χ3v) is 13.8. The van der Waals surface area contributed by atoms with Gasteiger partial charge in [-0.2, -0.15) is 0 Å². The van der Waals surface area contributed by atoms with Crippen LogP contribution in [0.2, 0.25) is 0 Å². The minimum Gasteiger partial charge on any atom is -0.333 e. The summed E-state index contributed by atoms with van der Waals surface area (Å²) in [5, 5.41) is 5.05. The van der Waals surface area contributed by atoms with Gasteiger partial charge in [-0.1, -0.05) is 202 Å². The number of hydrogen-bond donors (Lipinski definition) is 0. The fourth-order valence-corrected chi connectivity index (χ4v) is 11.0. The molecule has 0 saturated heterocycles. The van der Waals surface area contributed by atoms with Crippen molar-refractivity contribution in [3.05, 3.63) is 250 Å². The first kappa shape index (κ1) is 35.6. The van der Waals surface area contributed by atoms with Gasteiger partial charge in [0.15, 0.2) is 5.84 Å². The Bertz CT molecular complexity index is 3250. The highest BCUT2D eigenvalue weighted by molar-refractivity contribution is 6.16. The quantitative estimate of drug-likeness (QED) is 0.163. The molecule has 0 saturated carbocycles. The predicted octanol–water partition coefficient (Wildman–Crippen LogP) is 13.5. The van der Waals surface area contributed by atoms with Gasteiger partial charge in [0, 0.05) is 23.6 Å². The van der Waals surface area contributed by atoms with Crippen LogP contribution in [0.15, 0.2) is 210 Å². The molecule has 290 valence electrons. The van der Waals surface area contributed by atoms with Crippen molar-refractivity contribution in [3.8, 4) is 22.3 Å². The second kappa shape index (κ2) is 13.3. The Morgan fingerprint density at radius 2 is 1.03 bits per heavy atom. The van der Waals surface area contributed by atoms with Crippen molar-refractivity contribution in [1.29, 1.82) is 0 Å². The lowest BCUT2D eigenvalue weighted by Crippen LogP contribution is -2.40. The molecule has 1 heterocycles. The molecule has 3 heteroatoms. The molecule has 1 unspecified atom stereocenters. The number of aliphatic imine (C=N–C) groups is 2. The average molecular weight is 782 g/mol. The van der Waals surface area contributed by atoms with E-state index in [9.17, 15) is 0 Å². The van der Waals surface area contributed by atoms with Crippen LogP contribution in [-0.4, -0.2) is 23.6 Å².